The molecule has 94 valence electrons. The first-order valence-electron chi connectivity index (χ1n) is 5.60. The quantitative estimate of drug-likeness (QED) is 0.655. The fourth-order valence-corrected chi connectivity index (χ4v) is 2.18. The maximum Gasteiger partial charge on any atom is 0.292 e. The second-order valence-electron chi connectivity index (χ2n) is 4.59. The van der Waals surface area contributed by atoms with Gasteiger partial charge in [0.2, 0.25) is 0 Å². The summed E-state index contributed by atoms with van der Waals surface area (Å²) in [5.41, 5.74) is 0.682. The molecule has 1 unspecified atom stereocenters. The van der Waals surface area contributed by atoms with Crippen LogP contribution in [0.15, 0.2) is 22.7 Å². The Morgan fingerprint density at radius 3 is 2.59 bits per heavy atom. The van der Waals surface area contributed by atoms with Gasteiger partial charge in [0.25, 0.3) is 5.69 Å². The number of nitro groups is 1. The molecule has 0 heterocycles. The lowest BCUT2D eigenvalue weighted by Gasteiger charge is -2.17. The molecule has 5 heteroatoms. The van der Waals surface area contributed by atoms with Crippen LogP contribution in [0.4, 0.5) is 11.4 Å². The van der Waals surface area contributed by atoms with E-state index in [0.717, 1.165) is 10.9 Å². The topological polar surface area (TPSA) is 55.2 Å². The Morgan fingerprint density at radius 1 is 1.41 bits per heavy atom. The minimum atomic E-state index is -0.364. The van der Waals surface area contributed by atoms with Crippen molar-refractivity contribution in [2.24, 2.45) is 5.92 Å². The number of anilines is 1. The molecule has 0 aliphatic carbocycles. The second kappa shape index (κ2) is 6.00. The second-order valence-corrected chi connectivity index (χ2v) is 5.51. The molecule has 0 bridgehead atoms. The Bertz CT molecular complexity index is 407. The van der Waals surface area contributed by atoms with Crippen molar-refractivity contribution in [3.63, 3.8) is 0 Å². The van der Waals surface area contributed by atoms with Gasteiger partial charge >= 0.3 is 0 Å². The lowest BCUT2D eigenvalue weighted by atomic mass is 10.0. The van der Waals surface area contributed by atoms with Crippen LogP contribution in [0.1, 0.15) is 27.2 Å². The van der Waals surface area contributed by atoms with Crippen molar-refractivity contribution in [2.75, 3.05) is 5.32 Å². The maximum atomic E-state index is 10.9. The third-order valence-corrected chi connectivity index (χ3v) is 2.88. The Labute approximate surface area is 110 Å². The van der Waals surface area contributed by atoms with E-state index in [9.17, 15) is 10.1 Å². The number of halogens is 1. The highest BCUT2D eigenvalue weighted by Gasteiger charge is 2.15. The van der Waals surface area contributed by atoms with Gasteiger partial charge in [-0.3, -0.25) is 10.1 Å². The largest absolute Gasteiger partial charge is 0.377 e. The first-order chi connectivity index (χ1) is 7.90. The van der Waals surface area contributed by atoms with Gasteiger partial charge in [0.1, 0.15) is 5.69 Å². The van der Waals surface area contributed by atoms with Crippen molar-refractivity contribution in [3.05, 3.63) is 32.8 Å². The van der Waals surface area contributed by atoms with Crippen LogP contribution in [-0.2, 0) is 0 Å². The van der Waals surface area contributed by atoms with Gasteiger partial charge in [-0.05, 0) is 31.4 Å². The molecule has 0 radical (unpaired) electrons. The Hall–Kier alpha value is -1.10. The smallest absolute Gasteiger partial charge is 0.292 e. The molecule has 1 atom stereocenters. The molecule has 0 amide bonds. The standard InChI is InChI=1S/C12H17BrN2O2/c1-8(2)6-9(3)14-11-7-10(13)4-5-12(11)15(16)17/h4-5,7-9,14H,6H2,1-3H3. The van der Waals surface area contributed by atoms with Crippen molar-refractivity contribution in [3.8, 4) is 0 Å². The molecule has 1 N–H and O–H groups in total. The van der Waals surface area contributed by atoms with Crippen molar-refractivity contribution in [2.45, 2.75) is 33.2 Å². The van der Waals surface area contributed by atoms with Crippen molar-refractivity contribution in [1.29, 1.82) is 0 Å². The number of hydrogen-bond acceptors (Lipinski definition) is 3. The summed E-state index contributed by atoms with van der Waals surface area (Å²) < 4.78 is 0.836. The van der Waals surface area contributed by atoms with E-state index in [1.54, 1.807) is 12.1 Å². The molecule has 0 saturated heterocycles. The van der Waals surface area contributed by atoms with E-state index >= 15 is 0 Å². The molecule has 1 rings (SSSR count). The van der Waals surface area contributed by atoms with E-state index in [1.165, 1.54) is 6.07 Å². The molecule has 0 spiro atoms. The molecule has 0 aliphatic rings. The van der Waals surface area contributed by atoms with Gasteiger partial charge in [-0.15, -0.1) is 0 Å². The minimum Gasteiger partial charge on any atom is -0.377 e. The predicted octanol–water partition coefficient (Wildman–Crippen LogP) is 4.20. The van der Waals surface area contributed by atoms with E-state index in [2.05, 4.69) is 35.1 Å². The lowest BCUT2D eigenvalue weighted by molar-refractivity contribution is -0.384. The van der Waals surface area contributed by atoms with Crippen LogP contribution in [0.3, 0.4) is 0 Å². The number of nitrogens with zero attached hydrogens (tertiary/aromatic N) is 1. The van der Waals surface area contributed by atoms with Gasteiger partial charge in [-0.2, -0.15) is 0 Å². The normalized spacial score (nSPS) is 12.5. The van der Waals surface area contributed by atoms with Crippen LogP contribution in [0, 0.1) is 16.0 Å². The van der Waals surface area contributed by atoms with Crippen LogP contribution in [0.2, 0.25) is 0 Å². The summed E-state index contributed by atoms with van der Waals surface area (Å²) in [7, 11) is 0. The van der Waals surface area contributed by atoms with Gasteiger partial charge in [-0.1, -0.05) is 29.8 Å². The van der Waals surface area contributed by atoms with Gasteiger partial charge in [-0.25, -0.2) is 0 Å². The summed E-state index contributed by atoms with van der Waals surface area (Å²) in [6, 6.07) is 5.14. The Balaban J connectivity index is 2.88. The summed E-state index contributed by atoms with van der Waals surface area (Å²) in [4.78, 5) is 10.5. The first kappa shape index (κ1) is 14.0. The lowest BCUT2D eigenvalue weighted by Crippen LogP contribution is -2.18. The zero-order chi connectivity index (χ0) is 13.0. The molecule has 1 aromatic rings. The fraction of sp³-hybridized carbons (Fsp3) is 0.500. The molecule has 4 nitrogen and oxygen atoms in total. The SMILES string of the molecule is CC(C)CC(C)Nc1cc(Br)ccc1[N+](=O)[O-]. The number of hydrogen-bond donors (Lipinski definition) is 1. The number of nitrogens with one attached hydrogen (secondary N) is 1. The highest BCUT2D eigenvalue weighted by molar-refractivity contribution is 9.10. The number of nitro benzene ring substituents is 1. The average molecular weight is 301 g/mol. The highest BCUT2D eigenvalue weighted by Crippen LogP contribution is 2.29. The van der Waals surface area contributed by atoms with Gasteiger partial charge in [0, 0.05) is 16.6 Å². The monoisotopic (exact) mass is 300 g/mol. The van der Waals surface area contributed by atoms with Gasteiger partial charge in [0.05, 0.1) is 4.92 Å². The van der Waals surface area contributed by atoms with Gasteiger partial charge in [0.15, 0.2) is 0 Å². The average Bonchev–Trinajstić information content (AvgIpc) is 2.15. The molecule has 1 aromatic carbocycles. The number of rotatable bonds is 5. The maximum absolute atomic E-state index is 10.9. The van der Waals surface area contributed by atoms with Crippen LogP contribution >= 0.6 is 15.9 Å². The molecular weight excluding hydrogens is 284 g/mol. The Morgan fingerprint density at radius 2 is 2.06 bits per heavy atom. The van der Waals surface area contributed by atoms with Crippen molar-refractivity contribution < 1.29 is 4.92 Å². The van der Waals surface area contributed by atoms with Crippen LogP contribution in [-0.4, -0.2) is 11.0 Å². The molecule has 0 saturated carbocycles. The van der Waals surface area contributed by atoms with E-state index in [-0.39, 0.29) is 16.7 Å². The zero-order valence-corrected chi connectivity index (χ0v) is 11.8. The summed E-state index contributed by atoms with van der Waals surface area (Å²) in [5.74, 6) is 0.559. The minimum absolute atomic E-state index is 0.115. The molecule has 0 aromatic heterocycles. The first-order valence-corrected chi connectivity index (χ1v) is 6.40. The van der Waals surface area contributed by atoms with Crippen molar-refractivity contribution >= 4 is 27.3 Å². The Kier molecular flexibility index (Phi) is 4.93. The fourth-order valence-electron chi connectivity index (χ4n) is 1.81. The summed E-state index contributed by atoms with van der Waals surface area (Å²) in [6.45, 7) is 6.30. The zero-order valence-electron chi connectivity index (χ0n) is 10.2. The van der Waals surface area contributed by atoms with Crippen LogP contribution in [0.5, 0.6) is 0 Å². The summed E-state index contributed by atoms with van der Waals surface area (Å²) >= 11 is 3.32. The summed E-state index contributed by atoms with van der Waals surface area (Å²) in [6.07, 6.45) is 0.976. The molecule has 0 aliphatic heterocycles. The van der Waals surface area contributed by atoms with Crippen LogP contribution in [0.25, 0.3) is 0 Å². The van der Waals surface area contributed by atoms with E-state index in [0.29, 0.717) is 11.6 Å². The van der Waals surface area contributed by atoms with E-state index in [4.69, 9.17) is 0 Å². The molecule has 17 heavy (non-hydrogen) atoms. The molecule has 0 fully saturated rings. The molecular formula is C12H17BrN2O2. The van der Waals surface area contributed by atoms with E-state index in [1.807, 2.05) is 6.92 Å². The number of benzene rings is 1. The van der Waals surface area contributed by atoms with Crippen molar-refractivity contribution in [1.82, 2.24) is 0 Å². The van der Waals surface area contributed by atoms with E-state index < -0.39 is 0 Å². The van der Waals surface area contributed by atoms with Crippen LogP contribution < -0.4 is 5.32 Å². The predicted molar refractivity (Wildman–Crippen MR) is 73.3 cm³/mol. The third kappa shape index (κ3) is 4.34. The summed E-state index contributed by atoms with van der Waals surface area (Å²) in [5, 5.41) is 14.1. The van der Waals surface area contributed by atoms with Gasteiger partial charge < -0.3 is 5.32 Å². The highest BCUT2D eigenvalue weighted by atomic mass is 79.9. The third-order valence-electron chi connectivity index (χ3n) is 2.38.